The fourth-order valence-corrected chi connectivity index (χ4v) is 1.95. The maximum absolute atomic E-state index is 9.20. The van der Waals surface area contributed by atoms with E-state index in [1.165, 1.54) is 19.5 Å². The van der Waals surface area contributed by atoms with Gasteiger partial charge >= 0.3 is 0 Å². The van der Waals surface area contributed by atoms with Gasteiger partial charge in [0.1, 0.15) is 0 Å². The summed E-state index contributed by atoms with van der Waals surface area (Å²) in [6.07, 6.45) is 1.14. The van der Waals surface area contributed by atoms with Gasteiger partial charge in [0.25, 0.3) is 0 Å². The standard InChI is InChI=1S/C10H21NO/c1-8(2)10-4-5-11(7-10)6-9(3)12/h8-10,12H,4-7H2,1-3H3/t9-,10?/m1/s1. The van der Waals surface area contributed by atoms with E-state index in [-0.39, 0.29) is 6.10 Å². The zero-order valence-electron chi connectivity index (χ0n) is 8.45. The summed E-state index contributed by atoms with van der Waals surface area (Å²) in [5.74, 6) is 1.65. The second-order valence-electron chi connectivity index (χ2n) is 4.40. The fourth-order valence-electron chi connectivity index (χ4n) is 1.95. The van der Waals surface area contributed by atoms with Crippen LogP contribution < -0.4 is 0 Å². The predicted octanol–water partition coefficient (Wildman–Crippen LogP) is 1.35. The minimum atomic E-state index is -0.170. The molecule has 0 saturated carbocycles. The Balaban J connectivity index is 2.26. The van der Waals surface area contributed by atoms with Crippen LogP contribution in [0, 0.1) is 11.8 Å². The van der Waals surface area contributed by atoms with Gasteiger partial charge in [-0.25, -0.2) is 0 Å². The minimum absolute atomic E-state index is 0.170. The number of hydrogen-bond acceptors (Lipinski definition) is 2. The van der Waals surface area contributed by atoms with Crippen molar-refractivity contribution in [2.24, 2.45) is 11.8 Å². The van der Waals surface area contributed by atoms with E-state index in [1.54, 1.807) is 0 Å². The SMILES string of the molecule is CC(C)C1CCN(C[C@@H](C)O)C1. The van der Waals surface area contributed by atoms with Crippen LogP contribution in [0.1, 0.15) is 27.2 Å². The van der Waals surface area contributed by atoms with Crippen LogP contribution in [0.3, 0.4) is 0 Å². The van der Waals surface area contributed by atoms with E-state index < -0.39 is 0 Å². The molecule has 0 aromatic carbocycles. The highest BCUT2D eigenvalue weighted by atomic mass is 16.3. The minimum Gasteiger partial charge on any atom is -0.392 e. The summed E-state index contributed by atoms with van der Waals surface area (Å²) in [5, 5.41) is 9.20. The highest BCUT2D eigenvalue weighted by molar-refractivity contribution is 4.78. The van der Waals surface area contributed by atoms with Crippen LogP contribution in [-0.2, 0) is 0 Å². The second-order valence-corrected chi connectivity index (χ2v) is 4.40. The predicted molar refractivity (Wildman–Crippen MR) is 51.1 cm³/mol. The van der Waals surface area contributed by atoms with Crippen molar-refractivity contribution in [1.82, 2.24) is 4.90 Å². The van der Waals surface area contributed by atoms with E-state index in [9.17, 15) is 5.11 Å². The maximum atomic E-state index is 9.20. The number of hydrogen-bond donors (Lipinski definition) is 1. The molecule has 0 radical (unpaired) electrons. The molecule has 2 heteroatoms. The topological polar surface area (TPSA) is 23.5 Å². The van der Waals surface area contributed by atoms with Crippen molar-refractivity contribution in [3.05, 3.63) is 0 Å². The molecule has 1 heterocycles. The van der Waals surface area contributed by atoms with Crippen LogP contribution >= 0.6 is 0 Å². The first-order chi connectivity index (χ1) is 5.59. The normalized spacial score (nSPS) is 28.2. The average molecular weight is 171 g/mol. The van der Waals surface area contributed by atoms with E-state index >= 15 is 0 Å². The van der Waals surface area contributed by atoms with Gasteiger partial charge in [-0.3, -0.25) is 0 Å². The van der Waals surface area contributed by atoms with Crippen LogP contribution in [0.2, 0.25) is 0 Å². The zero-order chi connectivity index (χ0) is 9.14. The fraction of sp³-hybridized carbons (Fsp3) is 1.00. The monoisotopic (exact) mass is 171 g/mol. The number of likely N-dealkylation sites (tertiary alicyclic amines) is 1. The number of nitrogens with zero attached hydrogens (tertiary/aromatic N) is 1. The van der Waals surface area contributed by atoms with Crippen molar-refractivity contribution in [1.29, 1.82) is 0 Å². The van der Waals surface area contributed by atoms with Crippen molar-refractivity contribution in [3.63, 3.8) is 0 Å². The van der Waals surface area contributed by atoms with Crippen LogP contribution in [0.5, 0.6) is 0 Å². The Kier molecular flexibility index (Phi) is 3.53. The number of rotatable bonds is 3. The molecule has 0 amide bonds. The summed E-state index contributed by atoms with van der Waals surface area (Å²) in [7, 11) is 0. The summed E-state index contributed by atoms with van der Waals surface area (Å²) < 4.78 is 0. The molecule has 2 atom stereocenters. The van der Waals surface area contributed by atoms with Crippen molar-refractivity contribution < 1.29 is 5.11 Å². The average Bonchev–Trinajstić information content (AvgIpc) is 2.34. The molecule has 1 aliphatic heterocycles. The first-order valence-electron chi connectivity index (χ1n) is 5.00. The van der Waals surface area contributed by atoms with Crippen LogP contribution in [0.4, 0.5) is 0 Å². The van der Waals surface area contributed by atoms with E-state index in [4.69, 9.17) is 0 Å². The Labute approximate surface area is 75.6 Å². The molecule has 0 aromatic heterocycles. The number of β-amino-alcohol motifs (C(OH)–C–C–N with tert-alkyl or cyclic N) is 1. The van der Waals surface area contributed by atoms with Crippen LogP contribution in [-0.4, -0.2) is 35.7 Å². The molecule has 0 spiro atoms. The molecule has 0 aliphatic carbocycles. The molecule has 1 rings (SSSR count). The lowest BCUT2D eigenvalue weighted by Crippen LogP contribution is -2.29. The summed E-state index contributed by atoms with van der Waals surface area (Å²) in [5.41, 5.74) is 0. The highest BCUT2D eigenvalue weighted by Gasteiger charge is 2.24. The van der Waals surface area contributed by atoms with Crippen molar-refractivity contribution in [2.45, 2.75) is 33.3 Å². The van der Waals surface area contributed by atoms with Crippen molar-refractivity contribution >= 4 is 0 Å². The third-order valence-corrected chi connectivity index (χ3v) is 2.77. The van der Waals surface area contributed by atoms with Gasteiger partial charge in [0, 0.05) is 13.1 Å². The molecule has 1 saturated heterocycles. The summed E-state index contributed by atoms with van der Waals surface area (Å²) in [6.45, 7) is 9.65. The maximum Gasteiger partial charge on any atom is 0.0639 e. The van der Waals surface area contributed by atoms with Gasteiger partial charge in [-0.1, -0.05) is 13.8 Å². The number of aliphatic hydroxyl groups is 1. The Bertz CT molecular complexity index is 134. The molecule has 1 fully saturated rings. The third-order valence-electron chi connectivity index (χ3n) is 2.77. The van der Waals surface area contributed by atoms with Gasteiger partial charge < -0.3 is 10.0 Å². The lowest BCUT2D eigenvalue weighted by molar-refractivity contribution is 0.137. The Morgan fingerprint density at radius 1 is 1.42 bits per heavy atom. The molecule has 2 nitrogen and oxygen atoms in total. The first kappa shape index (κ1) is 10.0. The summed E-state index contributed by atoms with van der Waals surface area (Å²) in [6, 6.07) is 0. The van der Waals surface area contributed by atoms with E-state index in [1.807, 2.05) is 6.92 Å². The van der Waals surface area contributed by atoms with Gasteiger partial charge in [0.15, 0.2) is 0 Å². The largest absolute Gasteiger partial charge is 0.392 e. The molecular formula is C10H21NO. The van der Waals surface area contributed by atoms with Gasteiger partial charge in [0.2, 0.25) is 0 Å². The molecular weight excluding hydrogens is 150 g/mol. The van der Waals surface area contributed by atoms with E-state index in [2.05, 4.69) is 18.7 Å². The molecule has 12 heavy (non-hydrogen) atoms. The number of aliphatic hydroxyl groups excluding tert-OH is 1. The van der Waals surface area contributed by atoms with Crippen LogP contribution in [0.25, 0.3) is 0 Å². The Morgan fingerprint density at radius 2 is 2.08 bits per heavy atom. The Morgan fingerprint density at radius 3 is 2.50 bits per heavy atom. The van der Waals surface area contributed by atoms with Gasteiger partial charge in [-0.05, 0) is 31.7 Å². The first-order valence-corrected chi connectivity index (χ1v) is 5.00. The second kappa shape index (κ2) is 4.24. The molecule has 72 valence electrons. The zero-order valence-corrected chi connectivity index (χ0v) is 8.45. The smallest absolute Gasteiger partial charge is 0.0639 e. The van der Waals surface area contributed by atoms with Crippen LogP contribution in [0.15, 0.2) is 0 Å². The molecule has 0 bridgehead atoms. The van der Waals surface area contributed by atoms with Crippen molar-refractivity contribution in [2.75, 3.05) is 19.6 Å². The molecule has 1 aliphatic rings. The van der Waals surface area contributed by atoms with Gasteiger partial charge in [0.05, 0.1) is 6.10 Å². The third kappa shape index (κ3) is 2.76. The van der Waals surface area contributed by atoms with E-state index in [0.29, 0.717) is 0 Å². The lowest BCUT2D eigenvalue weighted by atomic mass is 9.95. The quantitative estimate of drug-likeness (QED) is 0.693. The Hall–Kier alpha value is -0.0800. The summed E-state index contributed by atoms with van der Waals surface area (Å²) in [4.78, 5) is 2.37. The lowest BCUT2D eigenvalue weighted by Gasteiger charge is -2.18. The highest BCUT2D eigenvalue weighted by Crippen LogP contribution is 2.23. The molecule has 1 N–H and O–H groups in total. The van der Waals surface area contributed by atoms with Gasteiger partial charge in [-0.15, -0.1) is 0 Å². The molecule has 0 aromatic rings. The summed E-state index contributed by atoms with van der Waals surface area (Å²) >= 11 is 0. The van der Waals surface area contributed by atoms with Gasteiger partial charge in [-0.2, -0.15) is 0 Å². The molecule has 1 unspecified atom stereocenters. The van der Waals surface area contributed by atoms with E-state index in [0.717, 1.165) is 18.4 Å². The van der Waals surface area contributed by atoms with Crippen molar-refractivity contribution in [3.8, 4) is 0 Å².